The van der Waals surface area contributed by atoms with Crippen LogP contribution in [0.4, 0.5) is 0 Å². The van der Waals surface area contributed by atoms with E-state index in [1.165, 1.54) is 11.1 Å². The third-order valence-electron chi connectivity index (χ3n) is 4.60. The van der Waals surface area contributed by atoms with Gasteiger partial charge in [0.05, 0.1) is 11.3 Å². The second-order valence-corrected chi connectivity index (χ2v) is 9.34. The Morgan fingerprint density at radius 1 is 0.720 bits per heavy atom. The summed E-state index contributed by atoms with van der Waals surface area (Å²) in [6, 6.07) is 20.7. The summed E-state index contributed by atoms with van der Waals surface area (Å²) in [6.07, 6.45) is 2.00. The largest absolute Gasteiger partial charge is 0.305 e. The maximum Gasteiger partial charge on any atom is 0.164 e. The first-order chi connectivity index (χ1) is 12.1. The highest BCUT2D eigenvalue weighted by Crippen LogP contribution is 2.77. The topological polar surface area (TPSA) is 20.3 Å². The van der Waals surface area contributed by atoms with Gasteiger partial charge in [-0.25, -0.2) is 0 Å². The average molecular weight is 359 g/mol. The van der Waals surface area contributed by atoms with Crippen molar-refractivity contribution in [3.63, 3.8) is 0 Å². The minimum absolute atomic E-state index is 0.152. The Balaban J connectivity index is 0.000000730. The lowest BCUT2D eigenvalue weighted by molar-refractivity contribution is 0.502. The molecule has 2 unspecified atom stereocenters. The van der Waals surface area contributed by atoms with E-state index in [2.05, 4.69) is 24.3 Å². The molecule has 3 heteroatoms. The minimum atomic E-state index is -2.47. The summed E-state index contributed by atoms with van der Waals surface area (Å²) in [4.78, 5) is 0. The lowest BCUT2D eigenvalue weighted by Crippen LogP contribution is -2.14. The van der Waals surface area contributed by atoms with Gasteiger partial charge in [-0.1, -0.05) is 88.4 Å². The molecule has 3 rings (SSSR count). The summed E-state index contributed by atoms with van der Waals surface area (Å²) in [6.45, 7) is 8.00. The van der Waals surface area contributed by atoms with Gasteiger partial charge in [0.15, 0.2) is 7.29 Å². The Labute approximate surface area is 154 Å². The molecule has 0 bridgehead atoms. The van der Waals surface area contributed by atoms with Crippen molar-refractivity contribution < 1.29 is 4.57 Å². The first kappa shape index (κ1) is 21.7. The summed E-state index contributed by atoms with van der Waals surface area (Å²) in [5, 5.41) is 0. The van der Waals surface area contributed by atoms with Crippen LogP contribution < -0.4 is 0 Å². The monoisotopic (exact) mass is 359 g/mol. The third kappa shape index (κ3) is 4.63. The average Bonchev–Trinajstić information content (AvgIpc) is 3.05. The highest BCUT2D eigenvalue weighted by molar-refractivity contribution is 7.62. The van der Waals surface area contributed by atoms with Crippen LogP contribution in [0.3, 0.4) is 0 Å². The molecule has 1 heterocycles. The van der Waals surface area contributed by atoms with E-state index >= 15 is 0 Å². The van der Waals surface area contributed by atoms with Gasteiger partial charge in [0.1, 0.15) is 0 Å². The second-order valence-electron chi connectivity index (χ2n) is 5.95. The smallest absolute Gasteiger partial charge is 0.164 e. The molecule has 0 aliphatic carbocycles. The molecule has 1 fully saturated rings. The van der Waals surface area contributed by atoms with Gasteiger partial charge < -0.3 is 4.57 Å². The zero-order valence-corrected chi connectivity index (χ0v) is 17.5. The Kier molecular flexibility index (Phi) is 9.17. The van der Waals surface area contributed by atoms with Gasteiger partial charge in [0.2, 0.25) is 0 Å². The molecule has 2 nitrogen and oxygen atoms in total. The summed E-state index contributed by atoms with van der Waals surface area (Å²) >= 11 is 0. The molecule has 2 aromatic rings. The SMILES string of the molecule is CC.CC.CN(C)P1(=O)C(c2ccccc2)CC[C@H]1c1ccccc1. The van der Waals surface area contributed by atoms with E-state index < -0.39 is 7.29 Å². The molecule has 138 valence electrons. The zero-order chi connectivity index (χ0) is 18.9. The van der Waals surface area contributed by atoms with Crippen molar-refractivity contribution >= 4 is 7.29 Å². The van der Waals surface area contributed by atoms with Crippen LogP contribution in [-0.4, -0.2) is 18.8 Å². The van der Waals surface area contributed by atoms with Crippen molar-refractivity contribution in [1.29, 1.82) is 0 Å². The number of nitrogens with zero attached hydrogens (tertiary/aromatic N) is 1. The Morgan fingerprint density at radius 3 is 1.32 bits per heavy atom. The fourth-order valence-corrected chi connectivity index (χ4v) is 7.36. The van der Waals surface area contributed by atoms with Crippen molar-refractivity contribution in [1.82, 2.24) is 4.67 Å². The first-order valence-electron chi connectivity index (χ1n) is 9.51. The first-order valence-corrected chi connectivity index (χ1v) is 11.3. The predicted octanol–water partition coefficient (Wildman–Crippen LogP) is 7.15. The van der Waals surface area contributed by atoms with E-state index in [0.29, 0.717) is 0 Å². The van der Waals surface area contributed by atoms with Crippen LogP contribution in [-0.2, 0) is 4.57 Å². The molecule has 0 aromatic heterocycles. The fourth-order valence-electron chi connectivity index (χ4n) is 3.57. The summed E-state index contributed by atoms with van der Waals surface area (Å²) < 4.78 is 15.9. The van der Waals surface area contributed by atoms with E-state index in [-0.39, 0.29) is 11.3 Å². The maximum absolute atomic E-state index is 13.9. The molecule has 1 aliphatic heterocycles. The Bertz CT molecular complexity index is 588. The summed E-state index contributed by atoms with van der Waals surface area (Å²) in [5.41, 5.74) is 2.73. The minimum Gasteiger partial charge on any atom is -0.305 e. The van der Waals surface area contributed by atoms with Gasteiger partial charge in [0.25, 0.3) is 0 Å². The molecule has 0 N–H and O–H groups in total. The molecular formula is C22H34NOP. The molecule has 1 aliphatic rings. The molecule has 25 heavy (non-hydrogen) atoms. The van der Waals surface area contributed by atoms with Crippen molar-refractivity contribution in [3.8, 4) is 0 Å². The van der Waals surface area contributed by atoms with Crippen molar-refractivity contribution in [2.45, 2.75) is 51.9 Å². The van der Waals surface area contributed by atoms with Gasteiger partial charge in [0, 0.05) is 0 Å². The van der Waals surface area contributed by atoms with Crippen molar-refractivity contribution in [2.24, 2.45) is 0 Å². The van der Waals surface area contributed by atoms with E-state index in [0.717, 1.165) is 12.8 Å². The number of hydrogen-bond acceptors (Lipinski definition) is 1. The van der Waals surface area contributed by atoms with Gasteiger partial charge in [-0.15, -0.1) is 0 Å². The van der Waals surface area contributed by atoms with E-state index in [4.69, 9.17) is 0 Å². The van der Waals surface area contributed by atoms with Gasteiger partial charge in [-0.05, 0) is 38.1 Å². The van der Waals surface area contributed by atoms with Crippen molar-refractivity contribution in [2.75, 3.05) is 14.1 Å². The maximum atomic E-state index is 13.9. The van der Waals surface area contributed by atoms with E-state index in [1.54, 1.807) is 0 Å². The fraction of sp³-hybridized carbons (Fsp3) is 0.455. The van der Waals surface area contributed by atoms with Crippen LogP contribution in [0.1, 0.15) is 63.0 Å². The van der Waals surface area contributed by atoms with Crippen LogP contribution in [0.2, 0.25) is 0 Å². The Hall–Kier alpha value is -1.37. The van der Waals surface area contributed by atoms with E-state index in [1.807, 2.05) is 82.9 Å². The lowest BCUT2D eigenvalue weighted by Gasteiger charge is -2.32. The van der Waals surface area contributed by atoms with Crippen LogP contribution >= 0.6 is 7.29 Å². The molecule has 3 atom stereocenters. The van der Waals surface area contributed by atoms with Crippen LogP contribution in [0.5, 0.6) is 0 Å². The van der Waals surface area contributed by atoms with Gasteiger partial charge in [-0.2, -0.15) is 0 Å². The standard InChI is InChI=1S/C18H22NOP.2C2H6/c1-19(2)21(20)17(15-9-5-3-6-10-15)13-14-18(21)16-11-7-4-8-12-16;2*1-2/h3-12,17-18H,13-14H2,1-2H3;2*1-2H3/t17-,18?,21?;;/m0../s1. The van der Waals surface area contributed by atoms with Gasteiger partial charge >= 0.3 is 0 Å². The van der Waals surface area contributed by atoms with Crippen LogP contribution in [0.25, 0.3) is 0 Å². The number of hydrogen-bond donors (Lipinski definition) is 0. The predicted molar refractivity (Wildman–Crippen MR) is 112 cm³/mol. The highest BCUT2D eigenvalue weighted by atomic mass is 31.2. The summed E-state index contributed by atoms with van der Waals surface area (Å²) in [7, 11) is 1.47. The van der Waals surface area contributed by atoms with Gasteiger partial charge in [-0.3, -0.25) is 4.67 Å². The third-order valence-corrected chi connectivity index (χ3v) is 8.75. The molecular weight excluding hydrogens is 325 g/mol. The second kappa shape index (κ2) is 10.6. The lowest BCUT2D eigenvalue weighted by atomic mass is 10.0. The normalized spacial score (nSPS) is 24.8. The van der Waals surface area contributed by atoms with Crippen LogP contribution in [0.15, 0.2) is 60.7 Å². The zero-order valence-electron chi connectivity index (χ0n) is 16.6. The quantitative estimate of drug-likeness (QED) is 0.542. The molecule has 0 radical (unpaired) electrons. The molecule has 2 aromatic carbocycles. The highest BCUT2D eigenvalue weighted by Gasteiger charge is 2.48. The molecule has 0 spiro atoms. The number of rotatable bonds is 3. The molecule has 1 saturated heterocycles. The van der Waals surface area contributed by atoms with Crippen LogP contribution in [0, 0.1) is 0 Å². The summed E-state index contributed by atoms with van der Waals surface area (Å²) in [5.74, 6) is 0. The van der Waals surface area contributed by atoms with E-state index in [9.17, 15) is 4.57 Å². The molecule has 0 saturated carbocycles. The molecule has 0 amide bonds. The van der Waals surface area contributed by atoms with Crippen molar-refractivity contribution in [3.05, 3.63) is 71.8 Å². The Morgan fingerprint density at radius 2 is 1.04 bits per heavy atom. The number of benzene rings is 2.